The zero-order valence-corrected chi connectivity index (χ0v) is 5.52. The highest BCUT2D eigenvalue weighted by Crippen LogP contribution is 1.94. The lowest BCUT2D eigenvalue weighted by Crippen LogP contribution is -2.04. The molecule has 0 aromatic rings. The Bertz CT molecular complexity index is 111. The molecule has 0 unspecified atom stereocenters. The van der Waals surface area contributed by atoms with Crippen molar-refractivity contribution in [1.82, 2.24) is 0 Å². The molecule has 0 saturated heterocycles. The summed E-state index contributed by atoms with van der Waals surface area (Å²) < 4.78 is 27.2. The van der Waals surface area contributed by atoms with E-state index in [9.17, 15) is 8.78 Å². The highest BCUT2D eigenvalue weighted by Gasteiger charge is 1.99. The van der Waals surface area contributed by atoms with Crippen molar-refractivity contribution in [1.29, 1.82) is 5.26 Å². The molecule has 10 heavy (non-hydrogen) atoms. The number of alkyl halides is 2. The Balaban J connectivity index is 2.86. The molecule has 0 amide bonds. The number of halogens is 2. The van der Waals surface area contributed by atoms with Crippen LogP contribution in [0.5, 0.6) is 0 Å². The Hall–Kier alpha value is -0.690. The summed E-state index contributed by atoms with van der Waals surface area (Å²) >= 11 is 0. The molecule has 0 heterocycles. The van der Waals surface area contributed by atoms with Crippen molar-refractivity contribution in [2.45, 2.75) is 19.3 Å². The van der Waals surface area contributed by atoms with Crippen LogP contribution in [0, 0.1) is 11.3 Å². The first kappa shape index (κ1) is 9.31. The van der Waals surface area contributed by atoms with Gasteiger partial charge in [-0.25, -0.2) is 8.78 Å². The maximum Gasteiger partial charge on any atom is 0.261 e. The Morgan fingerprint density at radius 2 is 2.20 bits per heavy atom. The van der Waals surface area contributed by atoms with E-state index in [-0.39, 0.29) is 6.61 Å². The Morgan fingerprint density at radius 1 is 1.50 bits per heavy atom. The summed E-state index contributed by atoms with van der Waals surface area (Å²) in [4.78, 5) is 0. The first-order valence-electron chi connectivity index (χ1n) is 3.00. The quantitative estimate of drug-likeness (QED) is 0.556. The molecule has 0 bridgehead atoms. The Morgan fingerprint density at radius 3 is 2.70 bits per heavy atom. The molecule has 2 nitrogen and oxygen atoms in total. The number of hydrogen-bond donors (Lipinski definition) is 0. The number of nitrogens with zero attached hydrogens (tertiary/aromatic N) is 1. The maximum atomic E-state index is 11.4. The van der Waals surface area contributed by atoms with Gasteiger partial charge in [0.25, 0.3) is 6.43 Å². The van der Waals surface area contributed by atoms with Crippen molar-refractivity contribution in [2.75, 3.05) is 13.2 Å². The number of ether oxygens (including phenoxy) is 1. The summed E-state index contributed by atoms with van der Waals surface area (Å²) in [7, 11) is 0. The van der Waals surface area contributed by atoms with Gasteiger partial charge in [0, 0.05) is 13.0 Å². The van der Waals surface area contributed by atoms with E-state index >= 15 is 0 Å². The van der Waals surface area contributed by atoms with Gasteiger partial charge in [-0.1, -0.05) is 0 Å². The number of nitriles is 1. The van der Waals surface area contributed by atoms with Gasteiger partial charge in [0.15, 0.2) is 0 Å². The normalized spacial score (nSPS) is 9.80. The predicted octanol–water partition coefficient (Wildman–Crippen LogP) is 1.57. The predicted molar refractivity (Wildman–Crippen MR) is 31.7 cm³/mol. The van der Waals surface area contributed by atoms with Crippen LogP contribution in [0.2, 0.25) is 0 Å². The minimum atomic E-state index is -2.40. The Kier molecular flexibility index (Phi) is 5.99. The molecule has 58 valence electrons. The van der Waals surface area contributed by atoms with E-state index in [1.807, 2.05) is 6.07 Å². The van der Waals surface area contributed by atoms with Crippen LogP contribution in [0.25, 0.3) is 0 Å². The van der Waals surface area contributed by atoms with E-state index < -0.39 is 13.0 Å². The van der Waals surface area contributed by atoms with Gasteiger partial charge in [-0.05, 0) is 6.42 Å². The maximum absolute atomic E-state index is 11.4. The first-order valence-corrected chi connectivity index (χ1v) is 3.00. The van der Waals surface area contributed by atoms with E-state index in [1.54, 1.807) is 0 Å². The minimum absolute atomic E-state index is 0.248. The van der Waals surface area contributed by atoms with Gasteiger partial charge in [-0.3, -0.25) is 0 Å². The fraction of sp³-hybridized carbons (Fsp3) is 0.833. The molecule has 0 aliphatic rings. The minimum Gasteiger partial charge on any atom is -0.375 e. The number of unbranched alkanes of at least 4 members (excludes halogenated alkanes) is 1. The molecule has 0 radical (unpaired) electrons. The summed E-state index contributed by atoms with van der Waals surface area (Å²) in [6.07, 6.45) is -1.51. The summed E-state index contributed by atoms with van der Waals surface area (Å²) in [5.74, 6) is 0. The lowest BCUT2D eigenvalue weighted by molar-refractivity contribution is 0.0170. The number of rotatable bonds is 5. The van der Waals surface area contributed by atoms with Crippen LogP contribution in [-0.2, 0) is 4.74 Å². The molecule has 0 aromatic heterocycles. The SMILES string of the molecule is N#CCCCOCC(F)F. The lowest BCUT2D eigenvalue weighted by atomic mass is 10.3. The van der Waals surface area contributed by atoms with E-state index in [0.717, 1.165) is 0 Å². The van der Waals surface area contributed by atoms with Crippen LogP contribution in [0.4, 0.5) is 8.78 Å². The lowest BCUT2D eigenvalue weighted by Gasteiger charge is -1.99. The van der Waals surface area contributed by atoms with Crippen LogP contribution in [-0.4, -0.2) is 19.6 Å². The van der Waals surface area contributed by atoms with Gasteiger partial charge in [0.05, 0.1) is 6.07 Å². The highest BCUT2D eigenvalue weighted by atomic mass is 19.3. The number of hydrogen-bond acceptors (Lipinski definition) is 2. The second kappa shape index (κ2) is 6.43. The van der Waals surface area contributed by atoms with Crippen molar-refractivity contribution >= 4 is 0 Å². The summed E-state index contributed by atoms with van der Waals surface area (Å²) in [6, 6.07) is 1.89. The van der Waals surface area contributed by atoms with Crippen LogP contribution >= 0.6 is 0 Å². The van der Waals surface area contributed by atoms with Crippen molar-refractivity contribution in [3.05, 3.63) is 0 Å². The third-order valence-corrected chi connectivity index (χ3v) is 0.821. The fourth-order valence-corrected chi connectivity index (χ4v) is 0.426. The largest absolute Gasteiger partial charge is 0.375 e. The van der Waals surface area contributed by atoms with Crippen LogP contribution in [0.1, 0.15) is 12.8 Å². The topological polar surface area (TPSA) is 33.0 Å². The Labute approximate surface area is 58.4 Å². The van der Waals surface area contributed by atoms with Gasteiger partial charge in [0.2, 0.25) is 0 Å². The third kappa shape index (κ3) is 7.31. The fourth-order valence-electron chi connectivity index (χ4n) is 0.426. The van der Waals surface area contributed by atoms with Gasteiger partial charge >= 0.3 is 0 Å². The summed E-state index contributed by atoms with van der Waals surface area (Å²) in [6.45, 7) is -0.274. The van der Waals surface area contributed by atoms with E-state index in [0.29, 0.717) is 12.8 Å². The molecule has 0 rings (SSSR count). The average Bonchev–Trinajstić information content (AvgIpc) is 1.87. The van der Waals surface area contributed by atoms with E-state index in [4.69, 9.17) is 5.26 Å². The van der Waals surface area contributed by atoms with Gasteiger partial charge in [0.1, 0.15) is 6.61 Å². The molecule has 0 saturated carbocycles. The van der Waals surface area contributed by atoms with Gasteiger partial charge in [-0.15, -0.1) is 0 Å². The molecule has 0 atom stereocenters. The standard InChI is InChI=1S/C6H9F2NO/c7-6(8)5-10-4-2-1-3-9/h6H,1-2,4-5H2. The molecule has 0 aliphatic heterocycles. The molecule has 0 fully saturated rings. The second-order valence-electron chi connectivity index (χ2n) is 1.73. The van der Waals surface area contributed by atoms with Crippen LogP contribution in [0.15, 0.2) is 0 Å². The van der Waals surface area contributed by atoms with E-state index in [2.05, 4.69) is 4.74 Å². The molecule has 0 spiro atoms. The zero-order valence-electron chi connectivity index (χ0n) is 5.52. The van der Waals surface area contributed by atoms with Crippen molar-refractivity contribution in [3.8, 4) is 6.07 Å². The summed E-state index contributed by atoms with van der Waals surface area (Å²) in [5.41, 5.74) is 0. The summed E-state index contributed by atoms with van der Waals surface area (Å²) in [5, 5.41) is 8.02. The molecule has 0 N–H and O–H groups in total. The van der Waals surface area contributed by atoms with Gasteiger partial charge in [-0.2, -0.15) is 5.26 Å². The third-order valence-electron chi connectivity index (χ3n) is 0.821. The molecule has 0 aromatic carbocycles. The molecule has 0 aliphatic carbocycles. The average molecular weight is 149 g/mol. The van der Waals surface area contributed by atoms with E-state index in [1.165, 1.54) is 0 Å². The smallest absolute Gasteiger partial charge is 0.261 e. The monoisotopic (exact) mass is 149 g/mol. The second-order valence-corrected chi connectivity index (χ2v) is 1.73. The van der Waals surface area contributed by atoms with Crippen LogP contribution in [0.3, 0.4) is 0 Å². The first-order chi connectivity index (χ1) is 4.77. The van der Waals surface area contributed by atoms with Crippen molar-refractivity contribution in [3.63, 3.8) is 0 Å². The van der Waals surface area contributed by atoms with Gasteiger partial charge < -0.3 is 4.74 Å². The zero-order chi connectivity index (χ0) is 7.82. The van der Waals surface area contributed by atoms with Crippen molar-refractivity contribution < 1.29 is 13.5 Å². The molecular weight excluding hydrogens is 140 g/mol. The van der Waals surface area contributed by atoms with Crippen molar-refractivity contribution in [2.24, 2.45) is 0 Å². The molecule has 4 heteroatoms. The molecular formula is C6H9F2NO. The van der Waals surface area contributed by atoms with Crippen LogP contribution < -0.4 is 0 Å². The highest BCUT2D eigenvalue weighted by molar-refractivity contribution is 4.67.